The molecule has 1 amide bonds. The van der Waals surface area contributed by atoms with Crippen LogP contribution in [0.25, 0.3) is 0 Å². The third-order valence-electron chi connectivity index (χ3n) is 5.45. The van der Waals surface area contributed by atoms with Gasteiger partial charge in [-0.3, -0.25) is 9.69 Å². The molecular weight excluding hydrogens is 498 g/mol. The molecule has 0 unspecified atom stereocenters. The van der Waals surface area contributed by atoms with Crippen molar-refractivity contribution in [3.8, 4) is 17.4 Å². The number of hydrogen-bond acceptors (Lipinski definition) is 11. The third-order valence-corrected chi connectivity index (χ3v) is 5.45. The fourth-order valence-electron chi connectivity index (χ4n) is 3.65. The minimum atomic E-state index is -3.94. The van der Waals surface area contributed by atoms with Crippen LogP contribution >= 0.6 is 0 Å². The number of halogens is 2. The summed E-state index contributed by atoms with van der Waals surface area (Å²) >= 11 is 0. The van der Waals surface area contributed by atoms with E-state index >= 15 is 0 Å². The molecule has 0 bridgehead atoms. The number of nitrogens with zero attached hydrogens (tertiary/aromatic N) is 4. The van der Waals surface area contributed by atoms with E-state index in [-0.39, 0.29) is 34.3 Å². The van der Waals surface area contributed by atoms with Gasteiger partial charge in [-0.25, -0.2) is 19.8 Å². The Morgan fingerprint density at radius 3 is 2.57 bits per heavy atom. The highest BCUT2D eigenvalue weighted by Crippen LogP contribution is 2.44. The molecule has 1 aromatic heterocycles. The summed E-state index contributed by atoms with van der Waals surface area (Å²) in [5.74, 6) is -2.57. The van der Waals surface area contributed by atoms with Crippen LogP contribution in [-0.4, -0.2) is 85.9 Å². The molecule has 0 saturated carbocycles. The van der Waals surface area contributed by atoms with Crippen LogP contribution in [-0.2, 0) is 9.47 Å². The summed E-state index contributed by atoms with van der Waals surface area (Å²) in [6.07, 6.45) is -2.39. The van der Waals surface area contributed by atoms with Gasteiger partial charge in [-0.15, -0.1) is 8.78 Å². The van der Waals surface area contributed by atoms with Crippen LogP contribution in [0.4, 0.5) is 20.3 Å². The molecule has 3 N–H and O–H groups in total. The second-order valence-electron chi connectivity index (χ2n) is 7.85. The lowest BCUT2D eigenvalue weighted by Gasteiger charge is -2.26. The Morgan fingerprint density at radius 2 is 1.89 bits per heavy atom. The molecule has 198 valence electrons. The number of fused-ring (bicyclic) bond motifs is 1. The van der Waals surface area contributed by atoms with Gasteiger partial charge < -0.3 is 34.7 Å². The van der Waals surface area contributed by atoms with Crippen molar-refractivity contribution in [1.82, 2.24) is 14.9 Å². The van der Waals surface area contributed by atoms with Crippen molar-refractivity contribution in [1.29, 1.82) is 0 Å². The van der Waals surface area contributed by atoms with E-state index < -0.39 is 29.7 Å². The molecule has 2 aliphatic heterocycles. The number of esters is 1. The number of aromatic nitrogens is 2. The summed E-state index contributed by atoms with van der Waals surface area (Å²) in [7, 11) is 2.38. The molecule has 15 heteroatoms. The number of anilines is 1. The Bertz CT molecular complexity index is 1220. The minimum absolute atomic E-state index is 0.0873. The molecule has 3 heterocycles. The summed E-state index contributed by atoms with van der Waals surface area (Å²) in [5.41, 5.74) is 5.45. The Labute approximate surface area is 209 Å². The average molecular weight is 522 g/mol. The zero-order chi connectivity index (χ0) is 26.6. The van der Waals surface area contributed by atoms with Gasteiger partial charge in [0.25, 0.3) is 5.91 Å². The van der Waals surface area contributed by atoms with Gasteiger partial charge in [0.15, 0.2) is 17.3 Å². The van der Waals surface area contributed by atoms with E-state index in [0.29, 0.717) is 26.2 Å². The van der Waals surface area contributed by atoms with Crippen molar-refractivity contribution in [2.24, 2.45) is 10.7 Å². The molecular formula is C22H24F2N6O7. The topological polar surface area (TPSA) is 160 Å². The Morgan fingerprint density at radius 1 is 1.19 bits per heavy atom. The molecule has 2 aliphatic rings. The number of morpholine rings is 1. The van der Waals surface area contributed by atoms with Gasteiger partial charge in [0.05, 0.1) is 38.7 Å². The smallest absolute Gasteiger partial charge is 0.480 e. The van der Waals surface area contributed by atoms with Crippen LogP contribution in [0.2, 0.25) is 0 Å². The summed E-state index contributed by atoms with van der Waals surface area (Å²) in [6.45, 7) is 3.44. The van der Waals surface area contributed by atoms with Gasteiger partial charge in [0.1, 0.15) is 17.7 Å². The zero-order valence-corrected chi connectivity index (χ0v) is 20.0. The maximum absolute atomic E-state index is 13.5. The molecule has 4 rings (SSSR count). The highest BCUT2D eigenvalue weighted by molar-refractivity contribution is 6.12. The van der Waals surface area contributed by atoms with Gasteiger partial charge in [-0.1, -0.05) is 0 Å². The number of nitrogens with two attached hydrogens (primary N) is 1. The Balaban J connectivity index is 1.62. The fraction of sp³-hybridized carbons (Fsp3) is 0.409. The number of nitrogens with one attached hydrogen (secondary N) is 1. The average Bonchev–Trinajstić information content (AvgIpc) is 3.19. The quantitative estimate of drug-likeness (QED) is 0.294. The van der Waals surface area contributed by atoms with Crippen LogP contribution < -0.4 is 25.3 Å². The van der Waals surface area contributed by atoms with Crippen molar-refractivity contribution in [3.05, 3.63) is 29.6 Å². The molecule has 0 atom stereocenters. The number of amides is 1. The monoisotopic (exact) mass is 522 g/mol. The number of benzene rings is 1. The maximum Gasteiger partial charge on any atom is 0.586 e. The fourth-order valence-corrected chi connectivity index (χ4v) is 3.65. The van der Waals surface area contributed by atoms with Crippen molar-refractivity contribution in [3.63, 3.8) is 0 Å². The summed E-state index contributed by atoms with van der Waals surface area (Å²) < 4.78 is 51.1. The summed E-state index contributed by atoms with van der Waals surface area (Å²) in [5, 5.41) is 2.46. The molecule has 37 heavy (non-hydrogen) atoms. The molecule has 1 saturated heterocycles. The molecule has 0 spiro atoms. The summed E-state index contributed by atoms with van der Waals surface area (Å²) in [4.78, 5) is 40.0. The number of aliphatic imine (C=N–C) groups is 1. The number of ether oxygens (including phenoxy) is 5. The van der Waals surface area contributed by atoms with Crippen molar-refractivity contribution < 1.29 is 42.1 Å². The first-order valence-electron chi connectivity index (χ1n) is 11.1. The number of carbonyl (C=O) groups is 2. The van der Waals surface area contributed by atoms with Crippen LogP contribution in [0.1, 0.15) is 27.1 Å². The first kappa shape index (κ1) is 26.0. The van der Waals surface area contributed by atoms with E-state index in [9.17, 15) is 18.4 Å². The van der Waals surface area contributed by atoms with Gasteiger partial charge in [0.2, 0.25) is 5.88 Å². The van der Waals surface area contributed by atoms with Gasteiger partial charge in [-0.05, 0) is 0 Å². The number of alkyl halides is 2. The van der Waals surface area contributed by atoms with Crippen molar-refractivity contribution >= 4 is 29.2 Å². The van der Waals surface area contributed by atoms with E-state index in [4.69, 9.17) is 19.9 Å². The van der Waals surface area contributed by atoms with Crippen LogP contribution in [0, 0.1) is 0 Å². The third kappa shape index (κ3) is 6.00. The Hall–Kier alpha value is -4.11. The number of amidine groups is 1. The number of rotatable bonds is 8. The second-order valence-corrected chi connectivity index (χ2v) is 7.85. The van der Waals surface area contributed by atoms with Crippen LogP contribution in [0.15, 0.2) is 23.5 Å². The summed E-state index contributed by atoms with van der Waals surface area (Å²) in [6, 6.07) is 1.98. The lowest BCUT2D eigenvalue weighted by Crippen LogP contribution is -2.38. The first-order chi connectivity index (χ1) is 17.7. The molecule has 1 aromatic carbocycles. The number of methoxy groups -OCH3 is 2. The predicted octanol–water partition coefficient (Wildman–Crippen LogP) is 1.56. The molecule has 13 nitrogen and oxygen atoms in total. The van der Waals surface area contributed by atoms with Crippen LogP contribution in [0.3, 0.4) is 0 Å². The normalized spacial score (nSPS) is 16.8. The lowest BCUT2D eigenvalue weighted by molar-refractivity contribution is -0.286. The van der Waals surface area contributed by atoms with Crippen LogP contribution in [0.5, 0.6) is 17.4 Å². The van der Waals surface area contributed by atoms with E-state index in [1.54, 1.807) is 0 Å². The largest absolute Gasteiger partial charge is 0.586 e. The minimum Gasteiger partial charge on any atom is -0.480 e. The van der Waals surface area contributed by atoms with Gasteiger partial charge in [-0.2, -0.15) is 0 Å². The van der Waals surface area contributed by atoms with Crippen molar-refractivity contribution in [2.45, 2.75) is 12.7 Å². The highest BCUT2D eigenvalue weighted by Gasteiger charge is 2.44. The number of carbonyl (C=O) groups excluding carboxylic acids is 2. The van der Waals surface area contributed by atoms with Crippen molar-refractivity contribution in [2.75, 3.05) is 52.4 Å². The van der Waals surface area contributed by atoms with Gasteiger partial charge >= 0.3 is 12.3 Å². The maximum atomic E-state index is 13.5. The van der Waals surface area contributed by atoms with E-state index in [0.717, 1.165) is 38.7 Å². The van der Waals surface area contributed by atoms with E-state index in [2.05, 4.69) is 34.7 Å². The molecule has 0 aliphatic carbocycles. The SMILES string of the molecule is COC(=O)c1cc2c(cc1NC(=O)c1c(N=C(N)CCN3CCOCC3)ncnc1OC)OC(F)(F)O2. The molecule has 0 radical (unpaired) electrons. The lowest BCUT2D eigenvalue weighted by atomic mass is 10.1. The van der Waals surface area contributed by atoms with E-state index in [1.165, 1.54) is 7.11 Å². The van der Waals surface area contributed by atoms with E-state index in [1.807, 2.05) is 0 Å². The standard InChI is InChI=1S/C22H24F2N6O7/c1-33-20-17(18(26-11-27-20)29-16(25)3-4-30-5-7-35-8-6-30)19(31)28-13-10-15-14(36-22(23,24)37-15)9-12(13)21(32)34-2/h9-11H,3-8H2,1-2H3,(H,28,31)(H2,25,26,27,29). The first-order valence-corrected chi connectivity index (χ1v) is 11.1. The molecule has 2 aromatic rings. The Kier molecular flexibility index (Phi) is 7.63. The van der Waals surface area contributed by atoms with Gasteiger partial charge in [0, 0.05) is 38.2 Å². The molecule has 1 fully saturated rings. The number of hydrogen-bond donors (Lipinski definition) is 2. The highest BCUT2D eigenvalue weighted by atomic mass is 19.3. The zero-order valence-electron chi connectivity index (χ0n) is 20.0. The predicted molar refractivity (Wildman–Crippen MR) is 124 cm³/mol. The second kappa shape index (κ2) is 10.9.